The molecule has 1 fully saturated rings. The van der Waals surface area contributed by atoms with E-state index < -0.39 is 12.0 Å². The first kappa shape index (κ1) is 36.9. The molecule has 1 atom stereocenters. The first-order chi connectivity index (χ1) is 21.4. The van der Waals surface area contributed by atoms with Crippen LogP contribution < -0.4 is 15.4 Å². The molecule has 4 aromatic rings. The lowest BCUT2D eigenvalue weighted by Crippen LogP contribution is -2.29. The van der Waals surface area contributed by atoms with Crippen molar-refractivity contribution in [3.63, 3.8) is 0 Å². The van der Waals surface area contributed by atoms with Crippen LogP contribution in [0.1, 0.15) is 36.6 Å². The summed E-state index contributed by atoms with van der Waals surface area (Å²) in [5, 5.41) is 24.8. The second kappa shape index (κ2) is 17.4. The Balaban J connectivity index is 0.00000288. The number of thiazole rings is 1. The molecule has 0 amide bonds. The lowest BCUT2D eigenvalue weighted by atomic mass is 9.96. The third-order valence-electron chi connectivity index (χ3n) is 6.88. The van der Waals surface area contributed by atoms with Gasteiger partial charge >= 0.3 is 5.97 Å². The number of nitriles is 2. The van der Waals surface area contributed by atoms with Gasteiger partial charge in [0.25, 0.3) is 0 Å². The Morgan fingerprint density at radius 2 is 1.67 bits per heavy atom. The zero-order valence-electron chi connectivity index (χ0n) is 24.8. The minimum atomic E-state index is -0.694. The Morgan fingerprint density at radius 3 is 2.30 bits per heavy atom. The predicted molar refractivity (Wildman–Crippen MR) is 187 cm³/mol. The van der Waals surface area contributed by atoms with Gasteiger partial charge in [-0.05, 0) is 49.6 Å². The number of esters is 1. The molecular weight excluding hydrogens is 687 g/mol. The van der Waals surface area contributed by atoms with Crippen molar-refractivity contribution in [1.82, 2.24) is 9.97 Å². The molecular formula is C32H31Cl3N6O3S2. The van der Waals surface area contributed by atoms with E-state index >= 15 is 0 Å². The van der Waals surface area contributed by atoms with Gasteiger partial charge in [0.1, 0.15) is 58.6 Å². The SMILES string of the molecule is C[C@H](N)C(=O)OCCOc1ccc(-c2c(C#N)c(SCc3csc(-c4ccc(Cl)cc4)n3)nc(N3CCCC3)c2C#N)cc1.Cl.Cl. The van der Waals surface area contributed by atoms with Crippen molar-refractivity contribution in [2.24, 2.45) is 5.73 Å². The van der Waals surface area contributed by atoms with Gasteiger partial charge < -0.3 is 20.1 Å². The normalized spacial score (nSPS) is 12.7. The molecule has 0 radical (unpaired) electrons. The highest BCUT2D eigenvalue weighted by Crippen LogP contribution is 2.40. The van der Waals surface area contributed by atoms with E-state index in [2.05, 4.69) is 17.0 Å². The van der Waals surface area contributed by atoms with Gasteiger partial charge in [0, 0.05) is 40.4 Å². The van der Waals surface area contributed by atoms with Crippen LogP contribution in [0.25, 0.3) is 21.7 Å². The van der Waals surface area contributed by atoms with Crippen LogP contribution in [0.15, 0.2) is 58.9 Å². The highest BCUT2D eigenvalue weighted by Gasteiger charge is 2.26. The van der Waals surface area contributed by atoms with Gasteiger partial charge in [-0.25, -0.2) is 9.97 Å². The van der Waals surface area contributed by atoms with Gasteiger partial charge in [-0.1, -0.05) is 47.6 Å². The van der Waals surface area contributed by atoms with Crippen LogP contribution in [0.3, 0.4) is 0 Å². The quantitative estimate of drug-likeness (QED) is 0.0957. The van der Waals surface area contributed by atoms with Gasteiger partial charge in [0.15, 0.2) is 0 Å². The van der Waals surface area contributed by atoms with E-state index in [1.165, 1.54) is 11.8 Å². The fourth-order valence-corrected chi connectivity index (χ4v) is 6.64. The summed E-state index contributed by atoms with van der Waals surface area (Å²) in [6.07, 6.45) is 2.03. The summed E-state index contributed by atoms with van der Waals surface area (Å²) in [5.74, 6) is 1.18. The maximum absolute atomic E-state index is 11.6. The predicted octanol–water partition coefficient (Wildman–Crippen LogP) is 7.27. The molecule has 0 bridgehead atoms. The molecule has 14 heteroatoms. The van der Waals surface area contributed by atoms with Crippen molar-refractivity contribution in [3.05, 3.63) is 75.8 Å². The molecule has 0 saturated carbocycles. The molecule has 2 aromatic heterocycles. The number of hydrogen-bond acceptors (Lipinski definition) is 11. The lowest BCUT2D eigenvalue weighted by molar-refractivity contribution is -0.145. The molecule has 2 aromatic carbocycles. The van der Waals surface area contributed by atoms with Crippen molar-refractivity contribution >= 4 is 71.3 Å². The first-order valence-electron chi connectivity index (χ1n) is 14.0. The number of anilines is 1. The van der Waals surface area contributed by atoms with Gasteiger partial charge in [-0.3, -0.25) is 4.79 Å². The zero-order chi connectivity index (χ0) is 31.1. The van der Waals surface area contributed by atoms with E-state index in [-0.39, 0.29) is 38.0 Å². The van der Waals surface area contributed by atoms with Gasteiger partial charge in [-0.2, -0.15) is 10.5 Å². The van der Waals surface area contributed by atoms with Crippen molar-refractivity contribution in [2.45, 2.75) is 36.6 Å². The van der Waals surface area contributed by atoms with Crippen molar-refractivity contribution in [1.29, 1.82) is 10.5 Å². The van der Waals surface area contributed by atoms with Crippen LogP contribution >= 0.6 is 59.5 Å². The van der Waals surface area contributed by atoms with Crippen molar-refractivity contribution in [2.75, 3.05) is 31.2 Å². The zero-order valence-corrected chi connectivity index (χ0v) is 28.8. The van der Waals surface area contributed by atoms with Crippen LogP contribution in [-0.2, 0) is 15.3 Å². The van der Waals surface area contributed by atoms with E-state index in [1.807, 2.05) is 41.8 Å². The number of ether oxygens (including phenoxy) is 2. The smallest absolute Gasteiger partial charge is 0.322 e. The Bertz CT molecular complexity index is 1720. The number of thioether (sulfide) groups is 1. The Morgan fingerprint density at radius 1 is 1.02 bits per heavy atom. The fraction of sp³-hybridized carbons (Fsp3) is 0.281. The van der Waals surface area contributed by atoms with Crippen molar-refractivity contribution < 1.29 is 14.3 Å². The summed E-state index contributed by atoms with van der Waals surface area (Å²) in [6.45, 7) is 3.39. The summed E-state index contributed by atoms with van der Waals surface area (Å²) in [4.78, 5) is 23.4. The number of nitrogens with zero attached hydrogens (tertiary/aromatic N) is 5. The standard InChI is InChI=1S/C32H29ClN6O3S2.2ClH/c1-20(36)32(40)42-15-14-41-25-10-6-21(7-11-25)28-26(16-34)29(39-12-2-3-13-39)38-31(27(28)17-35)44-19-24-18-43-30(37-24)22-4-8-23(33)9-5-22;;/h4-11,18,20H,2-3,12-15,19,36H2,1H3;2*1H/t20-;;/m0../s1. The van der Waals surface area contributed by atoms with Crippen LogP contribution in [0.5, 0.6) is 5.75 Å². The monoisotopic (exact) mass is 716 g/mol. The second-order valence-electron chi connectivity index (χ2n) is 10.1. The molecule has 0 unspecified atom stereocenters. The highest BCUT2D eigenvalue weighted by molar-refractivity contribution is 7.98. The molecule has 0 aliphatic carbocycles. The molecule has 3 heterocycles. The minimum Gasteiger partial charge on any atom is -0.490 e. The third kappa shape index (κ3) is 8.83. The number of pyridine rings is 1. The Kier molecular flexibility index (Phi) is 14.0. The Labute approximate surface area is 293 Å². The topological polar surface area (TPSA) is 138 Å². The largest absolute Gasteiger partial charge is 0.490 e. The number of rotatable bonds is 11. The van der Waals surface area contributed by atoms with E-state index in [0.29, 0.717) is 49.6 Å². The molecule has 240 valence electrons. The van der Waals surface area contributed by atoms with Crippen LogP contribution in [0.4, 0.5) is 5.82 Å². The number of halogens is 3. The van der Waals surface area contributed by atoms with Gasteiger partial charge in [-0.15, -0.1) is 36.2 Å². The Hall–Kier alpha value is -3.55. The molecule has 1 aliphatic rings. The minimum absolute atomic E-state index is 0. The molecule has 9 nitrogen and oxygen atoms in total. The third-order valence-corrected chi connectivity index (χ3v) is 9.09. The molecule has 5 rings (SSSR count). The molecule has 1 aliphatic heterocycles. The lowest BCUT2D eigenvalue weighted by Gasteiger charge is -2.22. The molecule has 2 N–H and O–H groups in total. The van der Waals surface area contributed by atoms with E-state index in [1.54, 1.807) is 30.4 Å². The summed E-state index contributed by atoms with van der Waals surface area (Å²) in [5.41, 5.74) is 9.35. The summed E-state index contributed by atoms with van der Waals surface area (Å²) in [7, 11) is 0. The number of carbonyl (C=O) groups is 1. The summed E-state index contributed by atoms with van der Waals surface area (Å²) in [6, 6.07) is 18.7. The van der Waals surface area contributed by atoms with Crippen LogP contribution in [-0.4, -0.2) is 48.3 Å². The maximum Gasteiger partial charge on any atom is 0.322 e. The number of benzene rings is 2. The second-order valence-corrected chi connectivity index (χ2v) is 12.3. The van der Waals surface area contributed by atoms with Crippen LogP contribution in [0.2, 0.25) is 5.02 Å². The fourth-order valence-electron chi connectivity index (χ4n) is 4.70. The molecule has 1 saturated heterocycles. The number of carbonyl (C=O) groups excluding carboxylic acids is 1. The summed E-state index contributed by atoms with van der Waals surface area (Å²) >= 11 is 9.02. The first-order valence-corrected chi connectivity index (χ1v) is 16.2. The van der Waals surface area contributed by atoms with E-state index in [0.717, 1.165) is 42.2 Å². The number of nitrogens with two attached hydrogens (primary N) is 1. The maximum atomic E-state index is 11.6. The van der Waals surface area contributed by atoms with E-state index in [9.17, 15) is 15.3 Å². The number of hydrogen-bond donors (Lipinski definition) is 1. The van der Waals surface area contributed by atoms with Gasteiger partial charge in [0.05, 0.1) is 11.3 Å². The highest BCUT2D eigenvalue weighted by atomic mass is 35.5. The van der Waals surface area contributed by atoms with E-state index in [4.69, 9.17) is 36.8 Å². The summed E-state index contributed by atoms with van der Waals surface area (Å²) < 4.78 is 10.8. The van der Waals surface area contributed by atoms with Crippen molar-refractivity contribution in [3.8, 4) is 39.6 Å². The van der Waals surface area contributed by atoms with Crippen LogP contribution in [0, 0.1) is 22.7 Å². The average molecular weight is 718 g/mol. The van der Waals surface area contributed by atoms with Gasteiger partial charge in [0.2, 0.25) is 0 Å². The average Bonchev–Trinajstić information content (AvgIpc) is 3.75. The number of aromatic nitrogens is 2. The molecule has 46 heavy (non-hydrogen) atoms. The molecule has 0 spiro atoms.